The number of nitrogens with zero attached hydrogens (tertiary/aromatic N) is 3. The molecule has 0 atom stereocenters. The van der Waals surface area contributed by atoms with Gasteiger partial charge >= 0.3 is 0 Å². The molecule has 10 heteroatoms. The monoisotopic (exact) mass is 440 g/mol. The lowest BCUT2D eigenvalue weighted by Gasteiger charge is -2.15. The lowest BCUT2D eigenvalue weighted by Crippen LogP contribution is -2.15. The number of hydrogen-bond acceptors (Lipinski definition) is 7. The van der Waals surface area contributed by atoms with Crippen LogP contribution in [0.25, 0.3) is 5.69 Å². The number of amides is 1. The first-order valence-electron chi connectivity index (χ1n) is 9.77. The van der Waals surface area contributed by atoms with Gasteiger partial charge in [-0.2, -0.15) is 5.10 Å². The number of carbonyl (C=O) groups excluding carboxylic acids is 1. The number of aromatic nitrogens is 2. The first kappa shape index (κ1) is 22.6. The van der Waals surface area contributed by atoms with Gasteiger partial charge in [0.25, 0.3) is 5.69 Å². The van der Waals surface area contributed by atoms with Crippen molar-refractivity contribution in [2.45, 2.75) is 19.8 Å². The van der Waals surface area contributed by atoms with Crippen LogP contribution in [0.15, 0.2) is 42.5 Å². The zero-order valence-corrected chi connectivity index (χ0v) is 18.2. The summed E-state index contributed by atoms with van der Waals surface area (Å²) in [5.41, 5.74) is 2.08. The molecule has 0 aliphatic carbocycles. The van der Waals surface area contributed by atoms with Crippen molar-refractivity contribution in [1.82, 2.24) is 9.78 Å². The Morgan fingerprint density at radius 1 is 1.06 bits per heavy atom. The molecule has 0 spiro atoms. The highest BCUT2D eigenvalue weighted by Crippen LogP contribution is 2.40. The van der Waals surface area contributed by atoms with Gasteiger partial charge in [0.1, 0.15) is 5.82 Å². The third kappa shape index (κ3) is 4.80. The predicted octanol–water partition coefficient (Wildman–Crippen LogP) is 3.69. The van der Waals surface area contributed by atoms with Gasteiger partial charge in [0, 0.05) is 24.6 Å². The summed E-state index contributed by atoms with van der Waals surface area (Å²) in [6.07, 6.45) is 0.607. The van der Waals surface area contributed by atoms with Crippen LogP contribution in [0.1, 0.15) is 17.7 Å². The van der Waals surface area contributed by atoms with Crippen LogP contribution in [0, 0.1) is 17.0 Å². The molecule has 0 bridgehead atoms. The number of anilines is 1. The van der Waals surface area contributed by atoms with Crippen LogP contribution >= 0.6 is 0 Å². The molecule has 2 aromatic carbocycles. The van der Waals surface area contributed by atoms with Crippen LogP contribution in [0.4, 0.5) is 11.5 Å². The Kier molecular flexibility index (Phi) is 6.93. The van der Waals surface area contributed by atoms with Crippen LogP contribution in [-0.4, -0.2) is 41.9 Å². The molecule has 0 saturated carbocycles. The topological polar surface area (TPSA) is 118 Å². The van der Waals surface area contributed by atoms with Crippen LogP contribution in [0.3, 0.4) is 0 Å². The minimum Gasteiger partial charge on any atom is -0.493 e. The number of non-ortho nitro benzene ring substituents is 1. The predicted molar refractivity (Wildman–Crippen MR) is 118 cm³/mol. The Labute approximate surface area is 184 Å². The number of nitro benzene ring substituents is 1. The van der Waals surface area contributed by atoms with E-state index in [1.165, 1.54) is 31.0 Å². The number of rotatable bonds is 9. The van der Waals surface area contributed by atoms with E-state index in [4.69, 9.17) is 14.2 Å². The number of carbonyl (C=O) groups is 1. The van der Waals surface area contributed by atoms with E-state index >= 15 is 0 Å². The molecule has 0 aliphatic heterocycles. The summed E-state index contributed by atoms with van der Waals surface area (Å²) in [6.45, 7) is 1.80. The maximum Gasteiger partial charge on any atom is 0.269 e. The average Bonchev–Trinajstić information content (AvgIpc) is 3.16. The van der Waals surface area contributed by atoms with E-state index in [2.05, 4.69) is 10.4 Å². The minimum atomic E-state index is -0.469. The maximum absolute atomic E-state index is 12.7. The van der Waals surface area contributed by atoms with Crippen molar-refractivity contribution >= 4 is 17.4 Å². The van der Waals surface area contributed by atoms with Gasteiger partial charge in [0.2, 0.25) is 11.7 Å². The molecule has 3 rings (SSSR count). The second-order valence-corrected chi connectivity index (χ2v) is 6.90. The Balaban J connectivity index is 1.75. The Bertz CT molecular complexity index is 1120. The molecule has 168 valence electrons. The van der Waals surface area contributed by atoms with Crippen LogP contribution in [-0.2, 0) is 11.2 Å². The fraction of sp³-hybridized carbons (Fsp3) is 0.273. The smallest absolute Gasteiger partial charge is 0.269 e. The van der Waals surface area contributed by atoms with Crippen molar-refractivity contribution in [3.63, 3.8) is 0 Å². The molecule has 0 unspecified atom stereocenters. The Morgan fingerprint density at radius 3 is 2.34 bits per heavy atom. The van der Waals surface area contributed by atoms with E-state index in [1.807, 2.05) is 6.07 Å². The number of ether oxygens (including phenoxy) is 3. The van der Waals surface area contributed by atoms with E-state index in [9.17, 15) is 14.9 Å². The third-order valence-electron chi connectivity index (χ3n) is 4.81. The summed E-state index contributed by atoms with van der Waals surface area (Å²) in [5, 5.41) is 18.1. The van der Waals surface area contributed by atoms with Gasteiger partial charge in [0.05, 0.1) is 37.6 Å². The molecule has 0 fully saturated rings. The lowest BCUT2D eigenvalue weighted by atomic mass is 10.1. The highest BCUT2D eigenvalue weighted by molar-refractivity contribution is 5.90. The number of nitrogens with one attached hydrogen (secondary N) is 1. The quantitative estimate of drug-likeness (QED) is 0.398. The van der Waals surface area contributed by atoms with Crippen molar-refractivity contribution in [2.24, 2.45) is 0 Å². The van der Waals surface area contributed by atoms with Crippen LogP contribution < -0.4 is 19.5 Å². The number of hydrogen-bond donors (Lipinski definition) is 1. The second-order valence-electron chi connectivity index (χ2n) is 6.90. The molecule has 0 radical (unpaired) electrons. The van der Waals surface area contributed by atoms with E-state index in [0.717, 1.165) is 5.56 Å². The van der Waals surface area contributed by atoms with E-state index in [0.29, 0.717) is 40.9 Å². The number of methoxy groups -OCH3 is 3. The largest absolute Gasteiger partial charge is 0.493 e. The molecule has 1 N–H and O–H groups in total. The van der Waals surface area contributed by atoms with E-state index < -0.39 is 4.92 Å². The van der Waals surface area contributed by atoms with Gasteiger partial charge in [-0.1, -0.05) is 6.07 Å². The summed E-state index contributed by atoms with van der Waals surface area (Å²) >= 11 is 0. The first-order valence-corrected chi connectivity index (χ1v) is 9.77. The molecule has 10 nitrogen and oxygen atoms in total. The van der Waals surface area contributed by atoms with Crippen LogP contribution in [0.2, 0.25) is 0 Å². The number of nitro groups is 1. The fourth-order valence-electron chi connectivity index (χ4n) is 3.31. The Hall–Kier alpha value is -4.08. The van der Waals surface area contributed by atoms with Crippen molar-refractivity contribution in [3.8, 4) is 22.9 Å². The summed E-state index contributed by atoms with van der Waals surface area (Å²) in [7, 11) is 4.60. The van der Waals surface area contributed by atoms with E-state index in [-0.39, 0.29) is 18.0 Å². The average molecular weight is 440 g/mol. The molecule has 0 aliphatic rings. The first-order chi connectivity index (χ1) is 15.4. The molecule has 32 heavy (non-hydrogen) atoms. The molecular formula is C22H24N4O6. The van der Waals surface area contributed by atoms with Crippen molar-refractivity contribution in [2.75, 3.05) is 26.6 Å². The zero-order chi connectivity index (χ0) is 23.3. The van der Waals surface area contributed by atoms with Crippen molar-refractivity contribution in [1.29, 1.82) is 0 Å². The molecule has 1 amide bonds. The molecule has 3 aromatic rings. The van der Waals surface area contributed by atoms with Gasteiger partial charge in [-0.15, -0.1) is 0 Å². The fourth-order valence-corrected chi connectivity index (χ4v) is 3.31. The third-order valence-corrected chi connectivity index (χ3v) is 4.81. The van der Waals surface area contributed by atoms with E-state index in [1.54, 1.807) is 38.3 Å². The molecule has 1 aromatic heterocycles. The summed E-state index contributed by atoms with van der Waals surface area (Å²) in [5.74, 6) is 1.79. The van der Waals surface area contributed by atoms with Gasteiger partial charge < -0.3 is 19.5 Å². The van der Waals surface area contributed by atoms with Gasteiger partial charge in [-0.3, -0.25) is 14.9 Å². The SMILES string of the molecule is COc1ccc(CCC(=O)Nc2cc(C)nn2-c2ccc([N+](=O)[O-])cc2)c(OC)c1OC. The number of benzene rings is 2. The number of aryl methyl sites for hydroxylation is 2. The zero-order valence-electron chi connectivity index (χ0n) is 18.2. The van der Waals surface area contributed by atoms with Gasteiger partial charge in [0.15, 0.2) is 11.5 Å². The molecular weight excluding hydrogens is 416 g/mol. The van der Waals surface area contributed by atoms with Crippen LogP contribution in [0.5, 0.6) is 17.2 Å². The van der Waals surface area contributed by atoms with Gasteiger partial charge in [-0.05, 0) is 37.1 Å². The highest BCUT2D eigenvalue weighted by atomic mass is 16.6. The normalized spacial score (nSPS) is 10.5. The molecule has 0 saturated heterocycles. The summed E-state index contributed by atoms with van der Waals surface area (Å²) < 4.78 is 17.7. The molecule has 1 heterocycles. The summed E-state index contributed by atoms with van der Waals surface area (Å²) in [4.78, 5) is 23.1. The summed E-state index contributed by atoms with van der Waals surface area (Å²) in [6, 6.07) is 11.3. The lowest BCUT2D eigenvalue weighted by molar-refractivity contribution is -0.384. The van der Waals surface area contributed by atoms with Crippen molar-refractivity contribution in [3.05, 3.63) is 63.8 Å². The van der Waals surface area contributed by atoms with Crippen molar-refractivity contribution < 1.29 is 23.9 Å². The second kappa shape index (κ2) is 9.82. The highest BCUT2D eigenvalue weighted by Gasteiger charge is 2.17. The minimum absolute atomic E-state index is 0.0212. The standard InChI is InChI=1S/C22H24N4O6/c1-14-13-19(25(24-14)16-7-9-17(10-8-16)26(28)29)23-20(27)12-6-15-5-11-18(30-2)22(32-4)21(15)31-3/h5,7-11,13H,6,12H2,1-4H3,(H,23,27). The maximum atomic E-state index is 12.7. The Morgan fingerprint density at radius 2 is 1.75 bits per heavy atom. The van der Waals surface area contributed by atoms with Gasteiger partial charge in [-0.25, -0.2) is 4.68 Å².